The Morgan fingerprint density at radius 3 is 2.27 bits per heavy atom. The van der Waals surface area contributed by atoms with Gasteiger partial charge in [-0.1, -0.05) is 39.5 Å². The van der Waals surface area contributed by atoms with E-state index in [9.17, 15) is 19.2 Å². The predicted molar refractivity (Wildman–Crippen MR) is 122 cm³/mol. The summed E-state index contributed by atoms with van der Waals surface area (Å²) in [6.45, 7) is 8.76. The van der Waals surface area contributed by atoms with E-state index in [1.165, 1.54) is 0 Å². The zero-order valence-electron chi connectivity index (χ0n) is 19.6. The lowest BCUT2D eigenvalue weighted by molar-refractivity contribution is -0.161. The summed E-state index contributed by atoms with van der Waals surface area (Å²) in [5.41, 5.74) is 0.848. The van der Waals surface area contributed by atoms with E-state index in [-0.39, 0.29) is 18.0 Å². The van der Waals surface area contributed by atoms with Crippen molar-refractivity contribution in [1.82, 2.24) is 16.0 Å². The zero-order valence-corrected chi connectivity index (χ0v) is 19.6. The summed E-state index contributed by atoms with van der Waals surface area (Å²) in [5.74, 6) is -2.09. The fraction of sp³-hybridized carbons (Fsp3) is 0.500. The van der Waals surface area contributed by atoms with Crippen molar-refractivity contribution in [1.29, 1.82) is 0 Å². The number of benzene rings is 1. The molecule has 3 N–H and O–H groups in total. The topological polar surface area (TPSA) is 123 Å². The molecule has 180 valence electrons. The highest BCUT2D eigenvalue weighted by atomic mass is 16.5. The second kappa shape index (κ2) is 12.0. The highest BCUT2D eigenvalue weighted by Gasteiger charge is 2.34. The Morgan fingerprint density at radius 1 is 1.03 bits per heavy atom. The van der Waals surface area contributed by atoms with Gasteiger partial charge in [0.2, 0.25) is 5.91 Å². The number of carbonyl (C=O) groups is 4. The van der Waals surface area contributed by atoms with Crippen molar-refractivity contribution in [3.05, 3.63) is 42.1 Å². The van der Waals surface area contributed by atoms with Gasteiger partial charge in [-0.2, -0.15) is 0 Å². The lowest BCUT2D eigenvalue weighted by Gasteiger charge is -2.27. The summed E-state index contributed by atoms with van der Waals surface area (Å²) in [6, 6.07) is 5.69. The van der Waals surface area contributed by atoms with Crippen molar-refractivity contribution in [2.45, 2.75) is 64.6 Å². The minimum absolute atomic E-state index is 0.207. The Morgan fingerprint density at radius 2 is 1.70 bits per heavy atom. The van der Waals surface area contributed by atoms with Gasteiger partial charge in [-0.25, -0.2) is 4.79 Å². The van der Waals surface area contributed by atoms with Crippen molar-refractivity contribution < 1.29 is 28.7 Å². The van der Waals surface area contributed by atoms with Crippen LogP contribution in [0.15, 0.2) is 36.5 Å². The monoisotopic (exact) mass is 459 g/mol. The van der Waals surface area contributed by atoms with Gasteiger partial charge in [0.05, 0.1) is 12.8 Å². The predicted octanol–water partition coefficient (Wildman–Crippen LogP) is 1.61. The molecular formula is C24H33N3O6. The minimum atomic E-state index is -1.09. The maximum absolute atomic E-state index is 12.9. The van der Waals surface area contributed by atoms with E-state index in [1.54, 1.807) is 27.9 Å². The first kappa shape index (κ1) is 25.9. The number of ether oxygens (including phenoxy) is 2. The Bertz CT molecular complexity index is 881. The van der Waals surface area contributed by atoms with Crippen LogP contribution in [0, 0.1) is 5.92 Å². The van der Waals surface area contributed by atoms with Crippen LogP contribution >= 0.6 is 0 Å². The summed E-state index contributed by atoms with van der Waals surface area (Å²) in [6.07, 6.45) is 0.739. The Hall–Kier alpha value is -3.36. The summed E-state index contributed by atoms with van der Waals surface area (Å²) in [5, 5.41) is 7.64. The largest absolute Gasteiger partial charge is 0.497 e. The van der Waals surface area contributed by atoms with E-state index >= 15 is 0 Å². The van der Waals surface area contributed by atoms with Crippen LogP contribution in [0.2, 0.25) is 0 Å². The average Bonchev–Trinajstić information content (AvgIpc) is 2.79. The van der Waals surface area contributed by atoms with Gasteiger partial charge >= 0.3 is 5.97 Å². The second-order valence-corrected chi connectivity index (χ2v) is 8.31. The summed E-state index contributed by atoms with van der Waals surface area (Å²) < 4.78 is 10.6. The third-order valence-electron chi connectivity index (χ3n) is 5.40. The van der Waals surface area contributed by atoms with Crippen molar-refractivity contribution in [3.63, 3.8) is 0 Å². The first-order valence-electron chi connectivity index (χ1n) is 11.1. The maximum Gasteiger partial charge on any atom is 0.329 e. The van der Waals surface area contributed by atoms with E-state index in [0.29, 0.717) is 19.3 Å². The lowest BCUT2D eigenvalue weighted by atomic mass is 10.0. The number of carbonyl (C=O) groups excluding carboxylic acids is 4. The molecule has 1 aromatic carbocycles. The van der Waals surface area contributed by atoms with E-state index in [1.807, 2.05) is 24.3 Å². The number of amides is 3. The van der Waals surface area contributed by atoms with Gasteiger partial charge in [-0.15, -0.1) is 0 Å². The van der Waals surface area contributed by atoms with Crippen LogP contribution in [-0.2, 0) is 30.3 Å². The number of rotatable bonds is 7. The van der Waals surface area contributed by atoms with Crippen LogP contribution in [0.4, 0.5) is 0 Å². The van der Waals surface area contributed by atoms with Gasteiger partial charge in [0, 0.05) is 0 Å². The number of aryl methyl sites for hydroxylation is 1. The quantitative estimate of drug-likeness (QED) is 0.421. The standard InChI is InChI=1S/C24H33N3O6/c1-6-18-24(31)33-20(14(2)3)23(30)27-19(22(29)25-15(4)21(28)26-18)9-7-8-16-10-12-17(32-5)13-11-16/h10-14,18-20H,4,6-9H2,1-3,5H3,(H,25,29)(H,26,28)(H,27,30)/t18-,19-,20-/m0/s1. The van der Waals surface area contributed by atoms with Crippen LogP contribution in [-0.4, -0.2) is 49.0 Å². The molecule has 2 rings (SSSR count). The van der Waals surface area contributed by atoms with E-state index in [0.717, 1.165) is 11.3 Å². The summed E-state index contributed by atoms with van der Waals surface area (Å²) in [4.78, 5) is 50.7. The van der Waals surface area contributed by atoms with Crippen LogP contribution < -0.4 is 20.7 Å². The molecule has 0 saturated carbocycles. The van der Waals surface area contributed by atoms with Crippen LogP contribution in [0.25, 0.3) is 0 Å². The number of nitrogens with one attached hydrogen (secondary N) is 3. The normalized spacial score (nSPS) is 22.5. The Balaban J connectivity index is 2.18. The summed E-state index contributed by atoms with van der Waals surface area (Å²) >= 11 is 0. The maximum atomic E-state index is 12.9. The fourth-order valence-corrected chi connectivity index (χ4v) is 3.39. The minimum Gasteiger partial charge on any atom is -0.497 e. The molecule has 9 heteroatoms. The van der Waals surface area contributed by atoms with Gasteiger partial charge < -0.3 is 25.4 Å². The molecule has 3 amide bonds. The third kappa shape index (κ3) is 7.34. The smallest absolute Gasteiger partial charge is 0.329 e. The molecule has 1 aliphatic heterocycles. The van der Waals surface area contributed by atoms with Crippen LogP contribution in [0.3, 0.4) is 0 Å². The molecule has 1 fully saturated rings. The first-order chi connectivity index (χ1) is 15.7. The van der Waals surface area contributed by atoms with Crippen molar-refractivity contribution in [3.8, 4) is 5.75 Å². The molecule has 1 aliphatic rings. The number of hydrogen-bond donors (Lipinski definition) is 3. The van der Waals surface area contributed by atoms with Crippen molar-refractivity contribution in [2.75, 3.05) is 7.11 Å². The first-order valence-corrected chi connectivity index (χ1v) is 11.1. The number of cyclic esters (lactones) is 1. The van der Waals surface area contributed by atoms with Crippen LogP contribution in [0.1, 0.15) is 45.6 Å². The van der Waals surface area contributed by atoms with Crippen LogP contribution in [0.5, 0.6) is 5.75 Å². The van der Waals surface area contributed by atoms with E-state index in [4.69, 9.17) is 9.47 Å². The van der Waals surface area contributed by atoms with E-state index in [2.05, 4.69) is 22.5 Å². The molecule has 0 bridgehead atoms. The lowest BCUT2D eigenvalue weighted by Crippen LogP contribution is -2.55. The summed E-state index contributed by atoms with van der Waals surface area (Å²) in [7, 11) is 1.60. The molecule has 1 saturated heterocycles. The fourth-order valence-electron chi connectivity index (χ4n) is 3.39. The molecule has 0 spiro atoms. The van der Waals surface area contributed by atoms with Gasteiger partial charge in [0.1, 0.15) is 17.8 Å². The highest BCUT2D eigenvalue weighted by Crippen LogP contribution is 2.15. The SMILES string of the molecule is C=C1NC(=O)[C@H](CCCc2ccc(OC)cc2)NC(=O)[C@H](C(C)C)OC(=O)[C@H](CC)NC1=O. The number of esters is 1. The van der Waals surface area contributed by atoms with Gasteiger partial charge in [-0.3, -0.25) is 14.4 Å². The molecule has 1 heterocycles. The molecule has 0 aromatic heterocycles. The third-order valence-corrected chi connectivity index (χ3v) is 5.40. The molecule has 0 aliphatic carbocycles. The number of hydrogen-bond acceptors (Lipinski definition) is 6. The molecule has 0 radical (unpaired) electrons. The molecule has 0 unspecified atom stereocenters. The van der Waals surface area contributed by atoms with Crippen molar-refractivity contribution >= 4 is 23.7 Å². The average molecular weight is 460 g/mol. The number of methoxy groups -OCH3 is 1. The van der Waals surface area contributed by atoms with Gasteiger partial charge in [0.25, 0.3) is 11.8 Å². The highest BCUT2D eigenvalue weighted by molar-refractivity contribution is 6.01. The van der Waals surface area contributed by atoms with E-state index < -0.39 is 41.9 Å². The van der Waals surface area contributed by atoms with Gasteiger partial charge in [0.15, 0.2) is 6.10 Å². The molecule has 9 nitrogen and oxygen atoms in total. The molecule has 1 aromatic rings. The second-order valence-electron chi connectivity index (χ2n) is 8.31. The molecule has 33 heavy (non-hydrogen) atoms. The molecular weight excluding hydrogens is 426 g/mol. The Labute approximate surface area is 194 Å². The zero-order chi connectivity index (χ0) is 24.5. The van der Waals surface area contributed by atoms with Crippen molar-refractivity contribution in [2.24, 2.45) is 5.92 Å². The Kier molecular flexibility index (Phi) is 9.44. The van der Waals surface area contributed by atoms with Gasteiger partial charge in [-0.05, 0) is 49.3 Å². The molecule has 3 atom stereocenters.